The zero-order chi connectivity index (χ0) is 18.7. The minimum absolute atomic E-state index is 0.201. The van der Waals surface area contributed by atoms with E-state index in [0.29, 0.717) is 20.9 Å². The van der Waals surface area contributed by atoms with Crippen LogP contribution in [0.1, 0.15) is 12.5 Å². The van der Waals surface area contributed by atoms with Crippen LogP contribution in [0.2, 0.25) is 10.0 Å². The third-order valence-corrected chi connectivity index (χ3v) is 5.04. The Bertz CT molecular complexity index is 926. The molecule has 1 N–H and O–H groups in total. The molecule has 26 heavy (non-hydrogen) atoms. The fraction of sp³-hybridized carbons (Fsp3) is 0.176. The summed E-state index contributed by atoms with van der Waals surface area (Å²) in [5.41, 5.74) is 2.44. The topological polar surface area (TPSA) is 72.7 Å². The number of nitrogens with zero attached hydrogens (tertiary/aromatic N) is 4. The van der Waals surface area contributed by atoms with E-state index >= 15 is 0 Å². The summed E-state index contributed by atoms with van der Waals surface area (Å²) in [4.78, 5) is 12.5. The van der Waals surface area contributed by atoms with E-state index in [9.17, 15) is 4.79 Å². The summed E-state index contributed by atoms with van der Waals surface area (Å²) in [6.07, 6.45) is 0. The van der Waals surface area contributed by atoms with Crippen molar-refractivity contribution in [3.63, 3.8) is 0 Å². The molecule has 1 amide bonds. The Morgan fingerprint density at radius 2 is 1.88 bits per heavy atom. The number of carbonyl (C=O) groups excluding carboxylic acids is 1. The number of tetrazole rings is 1. The van der Waals surface area contributed by atoms with Crippen molar-refractivity contribution in [2.45, 2.75) is 24.3 Å². The number of aryl methyl sites for hydroxylation is 1. The van der Waals surface area contributed by atoms with E-state index in [2.05, 4.69) is 20.8 Å². The predicted octanol–water partition coefficient (Wildman–Crippen LogP) is 4.40. The van der Waals surface area contributed by atoms with Crippen LogP contribution >= 0.6 is 35.0 Å². The van der Waals surface area contributed by atoms with E-state index < -0.39 is 5.25 Å². The van der Waals surface area contributed by atoms with Gasteiger partial charge in [0.15, 0.2) is 0 Å². The monoisotopic (exact) mass is 407 g/mol. The summed E-state index contributed by atoms with van der Waals surface area (Å²) in [6.45, 7) is 3.76. The first-order chi connectivity index (χ1) is 12.4. The van der Waals surface area contributed by atoms with Gasteiger partial charge in [-0.05, 0) is 54.1 Å². The van der Waals surface area contributed by atoms with Gasteiger partial charge in [-0.1, -0.05) is 53.2 Å². The van der Waals surface area contributed by atoms with Gasteiger partial charge in [0.1, 0.15) is 0 Å². The highest BCUT2D eigenvalue weighted by atomic mass is 35.5. The van der Waals surface area contributed by atoms with Crippen molar-refractivity contribution < 1.29 is 4.79 Å². The third kappa shape index (κ3) is 4.35. The van der Waals surface area contributed by atoms with Gasteiger partial charge in [-0.15, -0.1) is 5.10 Å². The first kappa shape index (κ1) is 18.7. The Hall–Kier alpha value is -2.09. The van der Waals surface area contributed by atoms with Crippen molar-refractivity contribution in [2.24, 2.45) is 0 Å². The number of aromatic nitrogens is 4. The SMILES string of the molecule is Cc1ccccc1-n1nnnc1SC(C)C(=O)Nc1cc(Cl)cc(Cl)c1. The number of amides is 1. The van der Waals surface area contributed by atoms with Crippen LogP contribution in [0.25, 0.3) is 5.69 Å². The molecule has 134 valence electrons. The largest absolute Gasteiger partial charge is 0.325 e. The molecule has 6 nitrogen and oxygen atoms in total. The van der Waals surface area contributed by atoms with Crippen LogP contribution in [-0.4, -0.2) is 31.4 Å². The van der Waals surface area contributed by atoms with Gasteiger partial charge in [-0.3, -0.25) is 4.79 Å². The maximum Gasteiger partial charge on any atom is 0.237 e. The molecule has 3 rings (SSSR count). The Labute approximate surface area is 164 Å². The first-order valence-electron chi connectivity index (χ1n) is 7.72. The summed E-state index contributed by atoms with van der Waals surface area (Å²) >= 11 is 13.2. The van der Waals surface area contributed by atoms with Crippen LogP contribution in [-0.2, 0) is 4.79 Å². The Morgan fingerprint density at radius 1 is 1.19 bits per heavy atom. The van der Waals surface area contributed by atoms with E-state index in [0.717, 1.165) is 11.3 Å². The van der Waals surface area contributed by atoms with Crippen molar-refractivity contribution in [1.29, 1.82) is 0 Å². The smallest absolute Gasteiger partial charge is 0.237 e. The second-order valence-corrected chi connectivity index (χ2v) is 7.75. The number of benzene rings is 2. The van der Waals surface area contributed by atoms with Crippen molar-refractivity contribution in [3.8, 4) is 5.69 Å². The molecule has 0 bridgehead atoms. The van der Waals surface area contributed by atoms with E-state index in [1.54, 1.807) is 29.8 Å². The number of para-hydroxylation sites is 1. The van der Waals surface area contributed by atoms with Gasteiger partial charge >= 0.3 is 0 Å². The number of anilines is 1. The molecule has 0 saturated heterocycles. The lowest BCUT2D eigenvalue weighted by Gasteiger charge is -2.13. The summed E-state index contributed by atoms with van der Waals surface area (Å²) in [6, 6.07) is 12.6. The van der Waals surface area contributed by atoms with E-state index in [1.165, 1.54) is 11.8 Å². The van der Waals surface area contributed by atoms with Crippen LogP contribution in [0.5, 0.6) is 0 Å². The fourth-order valence-electron chi connectivity index (χ4n) is 2.29. The second kappa shape index (κ2) is 8.07. The molecule has 0 spiro atoms. The molecule has 0 aliphatic rings. The van der Waals surface area contributed by atoms with Crippen molar-refractivity contribution in [3.05, 3.63) is 58.1 Å². The standard InChI is InChI=1S/C17H15Cl2N5OS/c1-10-5-3-4-6-15(10)24-17(21-22-23-24)26-11(2)16(25)20-14-8-12(18)7-13(19)9-14/h3-9,11H,1-2H3,(H,20,25). The van der Waals surface area contributed by atoms with Crippen LogP contribution in [0, 0.1) is 6.92 Å². The first-order valence-corrected chi connectivity index (χ1v) is 9.35. The van der Waals surface area contributed by atoms with E-state index in [1.807, 2.05) is 31.2 Å². The fourth-order valence-corrected chi connectivity index (χ4v) is 3.61. The minimum atomic E-state index is -0.429. The lowest BCUT2D eigenvalue weighted by molar-refractivity contribution is -0.115. The maximum atomic E-state index is 12.5. The number of hydrogen-bond donors (Lipinski definition) is 1. The third-order valence-electron chi connectivity index (χ3n) is 3.57. The molecular weight excluding hydrogens is 393 g/mol. The van der Waals surface area contributed by atoms with Gasteiger partial charge in [0, 0.05) is 15.7 Å². The molecule has 0 aliphatic carbocycles. The molecule has 9 heteroatoms. The van der Waals surface area contributed by atoms with Crippen molar-refractivity contribution in [2.75, 3.05) is 5.32 Å². The number of nitrogens with one attached hydrogen (secondary N) is 1. The Morgan fingerprint density at radius 3 is 2.58 bits per heavy atom. The highest BCUT2D eigenvalue weighted by molar-refractivity contribution is 8.00. The zero-order valence-corrected chi connectivity index (χ0v) is 16.3. The Balaban J connectivity index is 1.74. The van der Waals surface area contributed by atoms with E-state index in [4.69, 9.17) is 23.2 Å². The Kier molecular flexibility index (Phi) is 5.80. The molecule has 2 aromatic carbocycles. The van der Waals surface area contributed by atoms with Gasteiger partial charge in [-0.2, -0.15) is 4.68 Å². The van der Waals surface area contributed by atoms with Crippen LogP contribution in [0.3, 0.4) is 0 Å². The lowest BCUT2D eigenvalue weighted by atomic mass is 10.2. The van der Waals surface area contributed by atoms with Gasteiger partial charge in [0.05, 0.1) is 10.9 Å². The zero-order valence-electron chi connectivity index (χ0n) is 14.0. The number of thioether (sulfide) groups is 1. The highest BCUT2D eigenvalue weighted by Crippen LogP contribution is 2.26. The summed E-state index contributed by atoms with van der Waals surface area (Å²) in [5.74, 6) is -0.201. The molecule has 1 heterocycles. The normalized spacial score (nSPS) is 12.0. The molecule has 0 saturated carbocycles. The lowest BCUT2D eigenvalue weighted by Crippen LogP contribution is -2.23. The van der Waals surface area contributed by atoms with E-state index in [-0.39, 0.29) is 5.91 Å². The van der Waals surface area contributed by atoms with Crippen molar-refractivity contribution in [1.82, 2.24) is 20.2 Å². The number of carbonyl (C=O) groups is 1. The van der Waals surface area contributed by atoms with Crippen LogP contribution in [0.4, 0.5) is 5.69 Å². The second-order valence-electron chi connectivity index (χ2n) is 5.57. The molecule has 0 aliphatic heterocycles. The van der Waals surface area contributed by atoms with Crippen LogP contribution in [0.15, 0.2) is 47.6 Å². The van der Waals surface area contributed by atoms with Crippen molar-refractivity contribution >= 4 is 46.6 Å². The summed E-state index contributed by atoms with van der Waals surface area (Å²) < 4.78 is 1.63. The molecular formula is C17H15Cl2N5OS. The molecule has 3 aromatic rings. The maximum absolute atomic E-state index is 12.5. The van der Waals surface area contributed by atoms with Gasteiger partial charge in [-0.25, -0.2) is 0 Å². The summed E-state index contributed by atoms with van der Waals surface area (Å²) in [7, 11) is 0. The average Bonchev–Trinajstić information content (AvgIpc) is 3.02. The summed E-state index contributed by atoms with van der Waals surface area (Å²) in [5, 5.41) is 15.6. The average molecular weight is 408 g/mol. The molecule has 0 fully saturated rings. The highest BCUT2D eigenvalue weighted by Gasteiger charge is 2.20. The number of hydrogen-bond acceptors (Lipinski definition) is 5. The molecule has 1 aromatic heterocycles. The number of rotatable bonds is 5. The quantitative estimate of drug-likeness (QED) is 0.634. The predicted molar refractivity (Wildman–Crippen MR) is 104 cm³/mol. The molecule has 0 radical (unpaired) electrons. The van der Waals surface area contributed by atoms with Gasteiger partial charge < -0.3 is 5.32 Å². The number of halogens is 2. The van der Waals surface area contributed by atoms with Gasteiger partial charge in [0.2, 0.25) is 11.1 Å². The minimum Gasteiger partial charge on any atom is -0.325 e. The van der Waals surface area contributed by atoms with Crippen LogP contribution < -0.4 is 5.32 Å². The van der Waals surface area contributed by atoms with Gasteiger partial charge in [0.25, 0.3) is 0 Å². The molecule has 1 atom stereocenters. The molecule has 1 unspecified atom stereocenters.